The molecule has 0 unspecified atom stereocenters. The molecule has 0 N–H and O–H groups in total. The topological polar surface area (TPSA) is 86.7 Å². The van der Waals surface area contributed by atoms with E-state index in [1.807, 2.05) is 36.7 Å². The number of benzene rings is 2. The third-order valence-electron chi connectivity index (χ3n) is 3.82. The molecule has 8 heteroatoms. The van der Waals surface area contributed by atoms with Crippen LogP contribution in [0.4, 0.5) is 5.69 Å². The number of aromatic nitrogens is 1. The molecule has 0 aliphatic rings. The van der Waals surface area contributed by atoms with Crippen molar-refractivity contribution < 1.29 is 14.5 Å². The van der Waals surface area contributed by atoms with E-state index in [9.17, 15) is 14.9 Å². The van der Waals surface area contributed by atoms with Gasteiger partial charge in [-0.25, -0.2) is 0 Å². The first-order valence-electron chi connectivity index (χ1n) is 8.21. The fourth-order valence-electron chi connectivity index (χ4n) is 2.48. The Morgan fingerprint density at radius 1 is 1.30 bits per heavy atom. The van der Waals surface area contributed by atoms with Crippen LogP contribution >= 0.6 is 11.3 Å². The van der Waals surface area contributed by atoms with E-state index in [4.69, 9.17) is 4.74 Å². The van der Waals surface area contributed by atoms with Gasteiger partial charge in [0.25, 0.3) is 11.6 Å². The minimum atomic E-state index is -0.466. The summed E-state index contributed by atoms with van der Waals surface area (Å²) >= 11 is 1.41. The molecule has 0 aliphatic carbocycles. The second-order valence-electron chi connectivity index (χ2n) is 5.64. The molecule has 0 spiro atoms. The van der Waals surface area contributed by atoms with Crippen molar-refractivity contribution >= 4 is 39.2 Å². The zero-order valence-corrected chi connectivity index (χ0v) is 15.6. The lowest BCUT2D eigenvalue weighted by molar-refractivity contribution is -0.384. The molecule has 7 nitrogen and oxygen atoms in total. The molecule has 0 saturated heterocycles. The van der Waals surface area contributed by atoms with Crippen molar-refractivity contribution in [3.8, 4) is 5.75 Å². The van der Waals surface area contributed by atoms with Gasteiger partial charge in [0.1, 0.15) is 5.75 Å². The molecular formula is C19H17N3O4S. The highest BCUT2D eigenvalue weighted by Gasteiger charge is 2.06. The third-order valence-corrected chi connectivity index (χ3v) is 4.91. The van der Waals surface area contributed by atoms with Crippen molar-refractivity contribution in [2.24, 2.45) is 12.0 Å². The van der Waals surface area contributed by atoms with E-state index in [-0.39, 0.29) is 5.69 Å². The fourth-order valence-corrected chi connectivity index (χ4v) is 3.54. The number of nitro groups is 1. The van der Waals surface area contributed by atoms with E-state index < -0.39 is 10.8 Å². The average molecular weight is 383 g/mol. The normalized spacial score (nSPS) is 12.0. The number of thiazole rings is 1. The summed E-state index contributed by atoms with van der Waals surface area (Å²) in [6.07, 6.45) is 2.92. The largest absolute Gasteiger partial charge is 0.494 e. The van der Waals surface area contributed by atoms with Gasteiger partial charge >= 0.3 is 0 Å². The van der Waals surface area contributed by atoms with E-state index in [1.54, 1.807) is 18.2 Å². The number of rotatable bonds is 5. The highest BCUT2D eigenvalue weighted by Crippen LogP contribution is 2.22. The van der Waals surface area contributed by atoms with Gasteiger partial charge in [0.05, 0.1) is 21.7 Å². The SMILES string of the molecule is CCOc1ccc2c(c1)sc(=NC(=O)/C=C\c1ccc([N+](=O)[O-])cc1)n2C. The second kappa shape index (κ2) is 7.96. The van der Waals surface area contributed by atoms with Crippen LogP contribution in [-0.2, 0) is 11.8 Å². The van der Waals surface area contributed by atoms with Crippen LogP contribution in [0.2, 0.25) is 0 Å². The molecular weight excluding hydrogens is 366 g/mol. The summed E-state index contributed by atoms with van der Waals surface area (Å²) in [5.74, 6) is 0.378. The number of carbonyl (C=O) groups excluding carboxylic acids is 1. The molecule has 0 bridgehead atoms. The molecule has 3 aromatic rings. The van der Waals surface area contributed by atoms with E-state index in [0.717, 1.165) is 16.0 Å². The summed E-state index contributed by atoms with van der Waals surface area (Å²) in [7, 11) is 1.85. The molecule has 0 radical (unpaired) electrons. The Bertz CT molecular complexity index is 1090. The molecule has 27 heavy (non-hydrogen) atoms. The number of fused-ring (bicyclic) bond motifs is 1. The van der Waals surface area contributed by atoms with Gasteiger partial charge in [-0.3, -0.25) is 14.9 Å². The summed E-state index contributed by atoms with van der Waals surface area (Å²) in [5, 5.41) is 10.7. The first-order valence-corrected chi connectivity index (χ1v) is 9.03. The Balaban J connectivity index is 1.83. The summed E-state index contributed by atoms with van der Waals surface area (Å²) in [6, 6.07) is 11.7. The van der Waals surface area contributed by atoms with Gasteiger partial charge < -0.3 is 9.30 Å². The van der Waals surface area contributed by atoms with Gasteiger partial charge in [-0.05, 0) is 48.9 Å². The standard InChI is InChI=1S/C19H17N3O4S/c1-3-26-15-9-10-16-17(12-15)27-19(21(16)2)20-18(23)11-6-13-4-7-14(8-5-13)22(24)25/h4-12H,3H2,1-2H3/b11-6-,20-19?. The molecule has 3 rings (SSSR count). The van der Waals surface area contributed by atoms with Gasteiger partial charge in [0.15, 0.2) is 4.80 Å². The van der Waals surface area contributed by atoms with E-state index in [2.05, 4.69) is 4.99 Å². The van der Waals surface area contributed by atoms with Crippen LogP contribution in [0.25, 0.3) is 16.3 Å². The summed E-state index contributed by atoms with van der Waals surface area (Å²) in [5.41, 5.74) is 1.66. The molecule has 0 saturated carbocycles. The number of carbonyl (C=O) groups is 1. The Hall–Kier alpha value is -3.26. The maximum atomic E-state index is 12.2. The minimum Gasteiger partial charge on any atom is -0.494 e. The maximum Gasteiger partial charge on any atom is 0.272 e. The van der Waals surface area contributed by atoms with Crippen molar-refractivity contribution in [3.63, 3.8) is 0 Å². The van der Waals surface area contributed by atoms with E-state index in [1.165, 1.54) is 29.5 Å². The molecule has 0 aliphatic heterocycles. The lowest BCUT2D eigenvalue weighted by atomic mass is 10.2. The minimum absolute atomic E-state index is 0.00638. The second-order valence-corrected chi connectivity index (χ2v) is 6.65. The molecule has 0 atom stereocenters. The number of hydrogen-bond donors (Lipinski definition) is 0. The highest BCUT2D eigenvalue weighted by atomic mass is 32.1. The van der Waals surface area contributed by atoms with Crippen LogP contribution in [0, 0.1) is 10.1 Å². The number of hydrogen-bond acceptors (Lipinski definition) is 5. The van der Waals surface area contributed by atoms with Crippen LogP contribution in [0.15, 0.2) is 53.5 Å². The predicted molar refractivity (Wildman–Crippen MR) is 105 cm³/mol. The lowest BCUT2D eigenvalue weighted by Crippen LogP contribution is -2.12. The number of amides is 1. The number of aryl methyl sites for hydroxylation is 1. The first-order chi connectivity index (χ1) is 13.0. The average Bonchev–Trinajstić information content (AvgIpc) is 2.95. The maximum absolute atomic E-state index is 12.2. The Labute approximate surface area is 159 Å². The number of nitro benzene ring substituents is 1. The molecule has 0 fully saturated rings. The smallest absolute Gasteiger partial charge is 0.272 e. The van der Waals surface area contributed by atoms with Crippen molar-refractivity contribution in [1.82, 2.24) is 4.57 Å². The third kappa shape index (κ3) is 4.29. The van der Waals surface area contributed by atoms with Crippen molar-refractivity contribution in [2.75, 3.05) is 6.61 Å². The molecule has 2 aromatic carbocycles. The van der Waals surface area contributed by atoms with Crippen LogP contribution in [0.3, 0.4) is 0 Å². The first kappa shape index (κ1) is 18.5. The highest BCUT2D eigenvalue weighted by molar-refractivity contribution is 7.16. The number of non-ortho nitro benzene ring substituents is 1. The lowest BCUT2D eigenvalue weighted by Gasteiger charge is -2.02. The number of nitrogens with zero attached hydrogens (tertiary/aromatic N) is 3. The number of ether oxygens (including phenoxy) is 1. The van der Waals surface area contributed by atoms with Gasteiger partial charge in [0, 0.05) is 25.3 Å². The van der Waals surface area contributed by atoms with Crippen molar-refractivity contribution in [3.05, 3.63) is 69.0 Å². The molecule has 1 amide bonds. The van der Waals surface area contributed by atoms with Gasteiger partial charge in [-0.2, -0.15) is 4.99 Å². The monoisotopic (exact) mass is 383 g/mol. The van der Waals surface area contributed by atoms with Crippen LogP contribution in [0.5, 0.6) is 5.75 Å². The molecule has 1 aromatic heterocycles. The Morgan fingerprint density at radius 3 is 2.70 bits per heavy atom. The summed E-state index contributed by atoms with van der Waals surface area (Å²) < 4.78 is 8.34. The van der Waals surface area contributed by atoms with Crippen molar-refractivity contribution in [2.45, 2.75) is 6.92 Å². The van der Waals surface area contributed by atoms with Gasteiger partial charge in [-0.1, -0.05) is 11.3 Å². The molecule has 138 valence electrons. The quantitative estimate of drug-likeness (QED) is 0.382. The predicted octanol–water partition coefficient (Wildman–Crippen LogP) is 3.69. The van der Waals surface area contributed by atoms with E-state index in [0.29, 0.717) is 17.0 Å². The summed E-state index contributed by atoms with van der Waals surface area (Å²) in [4.78, 5) is 27.1. The van der Waals surface area contributed by atoms with Crippen LogP contribution in [-0.4, -0.2) is 22.0 Å². The Morgan fingerprint density at radius 2 is 2.04 bits per heavy atom. The Kier molecular flexibility index (Phi) is 5.46. The summed E-state index contributed by atoms with van der Waals surface area (Å²) in [6.45, 7) is 2.52. The van der Waals surface area contributed by atoms with Gasteiger partial charge in [-0.15, -0.1) is 0 Å². The molecule has 1 heterocycles. The van der Waals surface area contributed by atoms with Crippen LogP contribution in [0.1, 0.15) is 12.5 Å². The van der Waals surface area contributed by atoms with Crippen molar-refractivity contribution in [1.29, 1.82) is 0 Å². The van der Waals surface area contributed by atoms with E-state index >= 15 is 0 Å². The van der Waals surface area contributed by atoms with Gasteiger partial charge in [0.2, 0.25) is 0 Å². The fraction of sp³-hybridized carbons (Fsp3) is 0.158. The zero-order chi connectivity index (χ0) is 19.4. The zero-order valence-electron chi connectivity index (χ0n) is 14.8. The van der Waals surface area contributed by atoms with Crippen LogP contribution < -0.4 is 9.54 Å².